The van der Waals surface area contributed by atoms with Crippen molar-refractivity contribution in [3.8, 4) is 0 Å². The lowest BCUT2D eigenvalue weighted by molar-refractivity contribution is -0.122. The molecular weight excluding hydrogens is 518 g/mol. The first kappa shape index (κ1) is 28.7. The van der Waals surface area contributed by atoms with Gasteiger partial charge in [0.1, 0.15) is 6.61 Å². The Morgan fingerprint density at radius 3 is 2.59 bits per heavy atom. The number of imidazole rings is 1. The lowest BCUT2D eigenvalue weighted by Crippen LogP contribution is -2.50. The minimum Gasteiger partial charge on any atom is -0.447 e. The Balaban J connectivity index is 1.59. The number of aromatic nitrogens is 3. The van der Waals surface area contributed by atoms with Gasteiger partial charge in [-0.1, -0.05) is 29.8 Å². The molecule has 1 aliphatic carbocycles. The summed E-state index contributed by atoms with van der Waals surface area (Å²) < 4.78 is 12.7. The van der Waals surface area contributed by atoms with E-state index in [4.69, 9.17) is 14.5 Å². The topological polar surface area (TPSA) is 89.8 Å². The van der Waals surface area contributed by atoms with Gasteiger partial charge < -0.3 is 18.9 Å². The third-order valence-corrected chi connectivity index (χ3v) is 7.85. The van der Waals surface area contributed by atoms with Gasteiger partial charge >= 0.3 is 6.09 Å². The van der Waals surface area contributed by atoms with E-state index >= 15 is 0 Å². The Kier molecular flexibility index (Phi) is 8.65. The van der Waals surface area contributed by atoms with E-state index in [0.717, 1.165) is 39.2 Å². The highest BCUT2D eigenvalue weighted by Gasteiger charge is 2.36. The number of aryl methyl sites for hydroxylation is 2. The van der Waals surface area contributed by atoms with Crippen LogP contribution in [0.3, 0.4) is 0 Å². The molecule has 0 N–H and O–H groups in total. The number of methoxy groups -OCH3 is 1. The largest absolute Gasteiger partial charge is 0.447 e. The zero-order valence-electron chi connectivity index (χ0n) is 24.5. The molecule has 9 nitrogen and oxygen atoms in total. The zero-order valence-corrected chi connectivity index (χ0v) is 24.5. The van der Waals surface area contributed by atoms with Gasteiger partial charge in [0, 0.05) is 70.8 Å². The van der Waals surface area contributed by atoms with Crippen molar-refractivity contribution in [2.24, 2.45) is 7.05 Å². The van der Waals surface area contributed by atoms with Gasteiger partial charge in [-0.05, 0) is 55.2 Å². The molecule has 0 unspecified atom stereocenters. The number of ketones is 1. The van der Waals surface area contributed by atoms with Crippen molar-refractivity contribution < 1.29 is 19.1 Å². The summed E-state index contributed by atoms with van der Waals surface area (Å²) in [5, 5.41) is 0. The third kappa shape index (κ3) is 6.11. The lowest BCUT2D eigenvalue weighted by atomic mass is 9.82. The van der Waals surface area contributed by atoms with Crippen molar-refractivity contribution in [3.63, 3.8) is 0 Å². The third-order valence-electron chi connectivity index (χ3n) is 7.85. The Morgan fingerprint density at radius 2 is 1.90 bits per heavy atom. The summed E-state index contributed by atoms with van der Waals surface area (Å²) in [6.45, 7) is 8.43. The number of ether oxygens (including phenoxy) is 2. The fraction of sp³-hybridized carbons (Fsp3) is 0.438. The Labute approximate surface area is 241 Å². The summed E-state index contributed by atoms with van der Waals surface area (Å²) in [6, 6.07) is 10.5. The lowest BCUT2D eigenvalue weighted by Gasteiger charge is -2.39. The van der Waals surface area contributed by atoms with Crippen LogP contribution in [-0.2, 0) is 21.3 Å². The summed E-state index contributed by atoms with van der Waals surface area (Å²) in [5.74, 6) is -0.189. The summed E-state index contributed by atoms with van der Waals surface area (Å²) in [7, 11) is 3.52. The van der Waals surface area contributed by atoms with Crippen LogP contribution in [0.2, 0.25) is 0 Å². The molecule has 3 heterocycles. The minimum atomic E-state index is -0.265. The molecule has 0 radical (unpaired) electrons. The molecule has 9 heteroatoms. The average molecular weight is 558 g/mol. The molecular formula is C32H39N5O4. The fourth-order valence-corrected chi connectivity index (χ4v) is 5.95. The highest BCUT2D eigenvalue weighted by molar-refractivity contribution is 5.92. The minimum absolute atomic E-state index is 0.0328. The number of rotatable bonds is 8. The number of piperazine rings is 1. The molecule has 41 heavy (non-hydrogen) atoms. The number of nitrogens with zero attached hydrogens (tertiary/aromatic N) is 5. The van der Waals surface area contributed by atoms with Crippen LogP contribution in [-0.4, -0.2) is 82.2 Å². The normalized spacial score (nSPS) is 17.9. The molecule has 3 aromatic rings. The van der Waals surface area contributed by atoms with E-state index in [2.05, 4.69) is 47.1 Å². The summed E-state index contributed by atoms with van der Waals surface area (Å²) in [4.78, 5) is 39.1. The first-order valence-electron chi connectivity index (χ1n) is 14.2. The first-order valence-corrected chi connectivity index (χ1v) is 14.2. The van der Waals surface area contributed by atoms with Crippen molar-refractivity contribution in [2.75, 3.05) is 39.9 Å². The number of amides is 1. The smallest absolute Gasteiger partial charge is 0.410 e. The maximum atomic E-state index is 13.0. The molecule has 0 saturated carbocycles. The Morgan fingerprint density at radius 1 is 1.12 bits per heavy atom. The number of benzene rings is 1. The fourth-order valence-electron chi connectivity index (χ4n) is 5.95. The van der Waals surface area contributed by atoms with Gasteiger partial charge in [-0.25, -0.2) is 9.78 Å². The van der Waals surface area contributed by atoms with Crippen LogP contribution in [0.25, 0.3) is 11.6 Å². The Bertz CT molecular complexity index is 1440. The number of fused-ring (bicyclic) bond motifs is 2. The molecule has 0 bridgehead atoms. The molecule has 0 spiro atoms. The van der Waals surface area contributed by atoms with E-state index in [1.165, 1.54) is 0 Å². The average Bonchev–Trinajstić information content (AvgIpc) is 3.31. The van der Waals surface area contributed by atoms with Crippen molar-refractivity contribution in [3.05, 3.63) is 82.7 Å². The number of pyridine rings is 1. The van der Waals surface area contributed by atoms with Crippen LogP contribution in [0.5, 0.6) is 0 Å². The van der Waals surface area contributed by atoms with Crippen LogP contribution in [0.4, 0.5) is 4.79 Å². The quantitative estimate of drug-likeness (QED) is 0.399. The van der Waals surface area contributed by atoms with E-state index in [1.807, 2.05) is 43.9 Å². The highest BCUT2D eigenvalue weighted by Crippen LogP contribution is 2.45. The number of allylic oxidation sites excluding steroid dienone is 1. The van der Waals surface area contributed by atoms with Gasteiger partial charge in [-0.15, -0.1) is 0 Å². The first-order chi connectivity index (χ1) is 19.8. The van der Waals surface area contributed by atoms with Crippen LogP contribution >= 0.6 is 0 Å². The number of carbonyl (C=O) groups excluding carboxylic acids is 2. The molecule has 1 saturated heterocycles. The summed E-state index contributed by atoms with van der Waals surface area (Å²) in [6.07, 6.45) is 7.55. The molecule has 5 rings (SSSR count). The van der Waals surface area contributed by atoms with E-state index in [1.54, 1.807) is 18.3 Å². The van der Waals surface area contributed by atoms with Crippen molar-refractivity contribution in [1.29, 1.82) is 0 Å². The molecule has 216 valence electrons. The standard InChI is InChI=1S/C32H39N5O4/c1-21(2)41-32(39)37-13-11-36(12-14-37)31-25-9-8-22(3)15-26(25)27(16-23-7-6-10-34-30(23)31)28(17-24(38)19-40-5)29-18-33-20-35(29)4/h6-10,15-16,18,20-21,28,31H,11-14,17,19H2,1-5H3/t28-,31+/m1/s1. The van der Waals surface area contributed by atoms with Crippen molar-refractivity contribution >= 4 is 23.5 Å². The van der Waals surface area contributed by atoms with Crippen molar-refractivity contribution in [2.45, 2.75) is 45.3 Å². The second kappa shape index (κ2) is 12.4. The van der Waals surface area contributed by atoms with Gasteiger partial charge in [0.2, 0.25) is 0 Å². The maximum absolute atomic E-state index is 13.0. The van der Waals surface area contributed by atoms with Gasteiger partial charge in [0.15, 0.2) is 5.78 Å². The van der Waals surface area contributed by atoms with Crippen LogP contribution in [0.15, 0.2) is 49.1 Å². The van der Waals surface area contributed by atoms with Gasteiger partial charge in [-0.3, -0.25) is 14.7 Å². The number of Topliss-reactive ketones (excluding diaryl/α,β-unsaturated/α-hetero) is 1. The molecule has 1 aromatic carbocycles. The van der Waals surface area contributed by atoms with E-state index in [-0.39, 0.29) is 36.5 Å². The van der Waals surface area contributed by atoms with Crippen molar-refractivity contribution in [1.82, 2.24) is 24.3 Å². The van der Waals surface area contributed by atoms with Crippen LogP contribution < -0.4 is 0 Å². The molecule has 2 aromatic heterocycles. The van der Waals surface area contributed by atoms with Gasteiger partial charge in [0.25, 0.3) is 0 Å². The number of hydrogen-bond donors (Lipinski definition) is 0. The number of hydrogen-bond acceptors (Lipinski definition) is 7. The SMILES string of the molecule is COCC(=O)C[C@H](C1=Cc2cccnc2[C@@H](N2CCN(C(=O)OC(C)C)CC2)c2ccc(C)cc21)c1cncn1C. The van der Waals surface area contributed by atoms with Crippen LogP contribution in [0.1, 0.15) is 65.9 Å². The monoisotopic (exact) mass is 557 g/mol. The van der Waals surface area contributed by atoms with Gasteiger partial charge in [-0.2, -0.15) is 0 Å². The predicted molar refractivity (Wildman–Crippen MR) is 157 cm³/mol. The van der Waals surface area contributed by atoms with Gasteiger partial charge in [0.05, 0.1) is 24.2 Å². The van der Waals surface area contributed by atoms with E-state index in [0.29, 0.717) is 32.6 Å². The predicted octanol–water partition coefficient (Wildman–Crippen LogP) is 4.62. The molecule has 1 aliphatic heterocycles. The number of carbonyl (C=O) groups is 2. The second-order valence-corrected chi connectivity index (χ2v) is 11.2. The highest BCUT2D eigenvalue weighted by atomic mass is 16.6. The van der Waals surface area contributed by atoms with Crippen LogP contribution in [0, 0.1) is 6.92 Å². The maximum Gasteiger partial charge on any atom is 0.410 e. The molecule has 2 atom stereocenters. The summed E-state index contributed by atoms with van der Waals surface area (Å²) >= 11 is 0. The molecule has 2 aliphatic rings. The second-order valence-electron chi connectivity index (χ2n) is 11.2. The Hall–Kier alpha value is -3.82. The molecule has 1 fully saturated rings. The van der Waals surface area contributed by atoms with E-state index in [9.17, 15) is 9.59 Å². The molecule has 1 amide bonds. The zero-order chi connectivity index (χ0) is 29.1. The summed E-state index contributed by atoms with van der Waals surface area (Å²) in [5.41, 5.74) is 7.41. The van der Waals surface area contributed by atoms with E-state index < -0.39 is 0 Å².